The molecule has 5 rings (SSSR count). The van der Waals surface area contributed by atoms with Crippen molar-refractivity contribution in [2.24, 2.45) is 0 Å². The Balaban J connectivity index is 1.52. The number of carbonyl (C=O) groups is 1. The maximum Gasteiger partial charge on any atom is 0.244 e. The van der Waals surface area contributed by atoms with Crippen molar-refractivity contribution in [2.45, 2.75) is 12.1 Å². The van der Waals surface area contributed by atoms with E-state index in [1.807, 2.05) is 77.8 Å². The van der Waals surface area contributed by atoms with Gasteiger partial charge in [0, 0.05) is 33.9 Å². The number of anilines is 1. The Kier molecular flexibility index (Phi) is 6.42. The van der Waals surface area contributed by atoms with E-state index in [0.29, 0.717) is 5.11 Å². The number of halogens is 1. The summed E-state index contributed by atoms with van der Waals surface area (Å²) in [5.41, 5.74) is 3.64. The number of thiocarbonyl (C=S) groups is 1. The number of hydrogen-bond acceptors (Lipinski definition) is 3. The molecule has 6 nitrogen and oxygen atoms in total. The lowest BCUT2D eigenvalue weighted by molar-refractivity contribution is -0.116. The predicted octanol–water partition coefficient (Wildman–Crippen LogP) is 5.25. The van der Waals surface area contributed by atoms with E-state index in [9.17, 15) is 4.79 Å². The molecule has 1 aliphatic rings. The lowest BCUT2D eigenvalue weighted by Gasteiger charge is -2.28. The lowest BCUT2D eigenvalue weighted by atomic mass is 10.0. The normalized spacial score (nSPS) is 17.4. The minimum atomic E-state index is -0.238. The molecule has 2 N–H and O–H groups in total. The Hall–Kier alpha value is -3.49. The number of pyridine rings is 1. The van der Waals surface area contributed by atoms with Crippen LogP contribution >= 0.6 is 28.1 Å². The van der Waals surface area contributed by atoms with Crippen LogP contribution in [0.25, 0.3) is 5.69 Å². The van der Waals surface area contributed by atoms with Crippen LogP contribution in [0.15, 0.2) is 102 Å². The van der Waals surface area contributed by atoms with E-state index in [4.69, 9.17) is 12.2 Å². The van der Waals surface area contributed by atoms with Crippen LogP contribution in [0.5, 0.6) is 0 Å². The monoisotopic (exact) mass is 531 g/mol. The Morgan fingerprint density at radius 1 is 1.03 bits per heavy atom. The summed E-state index contributed by atoms with van der Waals surface area (Å²) in [6.45, 7) is 0.110. The molecule has 170 valence electrons. The van der Waals surface area contributed by atoms with Crippen LogP contribution in [0.1, 0.15) is 23.5 Å². The average Bonchev–Trinajstić information content (AvgIpc) is 3.45. The summed E-state index contributed by atoms with van der Waals surface area (Å²) < 4.78 is 3.12. The van der Waals surface area contributed by atoms with Gasteiger partial charge in [0.15, 0.2) is 5.11 Å². The lowest BCUT2D eigenvalue weighted by Crippen LogP contribution is -2.37. The third-order valence-electron chi connectivity index (χ3n) is 5.74. The van der Waals surface area contributed by atoms with E-state index in [0.717, 1.165) is 27.2 Å². The highest BCUT2D eigenvalue weighted by Gasteiger charge is 2.42. The number of carbonyl (C=O) groups excluding carboxylic acids is 1. The topological polar surface area (TPSA) is 62.2 Å². The van der Waals surface area contributed by atoms with E-state index in [2.05, 4.69) is 54.3 Å². The van der Waals surface area contributed by atoms with Crippen LogP contribution < -0.4 is 10.6 Å². The smallest absolute Gasteiger partial charge is 0.244 e. The fraction of sp³-hybridized carbons (Fsp3) is 0.115. The molecule has 0 aliphatic carbocycles. The van der Waals surface area contributed by atoms with Gasteiger partial charge < -0.3 is 20.1 Å². The quantitative estimate of drug-likeness (QED) is 0.333. The average molecular weight is 532 g/mol. The molecule has 1 aliphatic heterocycles. The van der Waals surface area contributed by atoms with Crippen molar-refractivity contribution in [1.29, 1.82) is 0 Å². The molecule has 1 fully saturated rings. The van der Waals surface area contributed by atoms with Crippen molar-refractivity contribution >= 4 is 44.9 Å². The van der Waals surface area contributed by atoms with Gasteiger partial charge in [-0.2, -0.15) is 0 Å². The third kappa shape index (κ3) is 4.60. The van der Waals surface area contributed by atoms with Gasteiger partial charge in [0.2, 0.25) is 5.91 Å². The maximum atomic E-state index is 13.0. The largest absolute Gasteiger partial charge is 0.352 e. The first-order valence-corrected chi connectivity index (χ1v) is 12.1. The maximum absolute atomic E-state index is 13.0. The zero-order chi connectivity index (χ0) is 23.5. The Labute approximate surface area is 211 Å². The van der Waals surface area contributed by atoms with Crippen LogP contribution in [0.2, 0.25) is 0 Å². The third-order valence-corrected chi connectivity index (χ3v) is 6.58. The molecular formula is C26H22BrN5OS. The molecule has 4 aromatic rings. The van der Waals surface area contributed by atoms with Crippen molar-refractivity contribution in [2.75, 3.05) is 11.9 Å². The number of amides is 1. The number of aromatic nitrogens is 2. The zero-order valence-electron chi connectivity index (χ0n) is 18.1. The molecule has 8 heteroatoms. The molecule has 2 aromatic heterocycles. The van der Waals surface area contributed by atoms with Gasteiger partial charge >= 0.3 is 0 Å². The Bertz CT molecular complexity index is 1310. The fourth-order valence-corrected chi connectivity index (χ4v) is 4.96. The van der Waals surface area contributed by atoms with Gasteiger partial charge in [-0.1, -0.05) is 46.3 Å². The first-order valence-electron chi connectivity index (χ1n) is 10.9. The molecule has 34 heavy (non-hydrogen) atoms. The van der Waals surface area contributed by atoms with Gasteiger partial charge in [-0.25, -0.2) is 0 Å². The van der Waals surface area contributed by atoms with E-state index in [1.54, 1.807) is 6.20 Å². The molecule has 3 heterocycles. The second kappa shape index (κ2) is 9.79. The molecule has 1 amide bonds. The van der Waals surface area contributed by atoms with Crippen LogP contribution in [-0.2, 0) is 4.79 Å². The molecule has 0 radical (unpaired) electrons. The number of hydrogen-bond donors (Lipinski definition) is 2. The summed E-state index contributed by atoms with van der Waals surface area (Å²) in [7, 11) is 0. The highest BCUT2D eigenvalue weighted by atomic mass is 79.9. The van der Waals surface area contributed by atoms with E-state index in [-0.39, 0.29) is 24.5 Å². The number of benzene rings is 2. The summed E-state index contributed by atoms with van der Waals surface area (Å²) in [4.78, 5) is 19.5. The summed E-state index contributed by atoms with van der Waals surface area (Å²) in [5, 5.41) is 6.90. The fourth-order valence-electron chi connectivity index (χ4n) is 4.27. The van der Waals surface area contributed by atoms with Crippen LogP contribution in [-0.4, -0.2) is 32.0 Å². The molecule has 2 aromatic carbocycles. The number of rotatable bonds is 6. The van der Waals surface area contributed by atoms with Crippen molar-refractivity contribution in [3.8, 4) is 5.69 Å². The van der Waals surface area contributed by atoms with E-state index < -0.39 is 0 Å². The molecule has 0 unspecified atom stereocenters. The van der Waals surface area contributed by atoms with E-state index >= 15 is 0 Å². The first-order chi connectivity index (χ1) is 16.6. The standard InChI is InChI=1S/C26H22BrN5OS/c27-18-8-6-11-20(16-18)31-15-7-13-22(31)25-24(21-12-4-5-14-28-21)30-26(34)32(25)17-23(33)29-19-9-2-1-3-10-19/h1-16,24-25H,17H2,(H,29,33)(H,30,34)/t24-,25-/m0/s1. The Morgan fingerprint density at radius 2 is 1.85 bits per heavy atom. The molecule has 0 saturated carbocycles. The minimum absolute atomic E-state index is 0.110. The molecule has 0 spiro atoms. The Morgan fingerprint density at radius 3 is 2.62 bits per heavy atom. The first kappa shape index (κ1) is 22.3. The van der Waals surface area contributed by atoms with Gasteiger partial charge in [0.1, 0.15) is 6.54 Å². The van der Waals surface area contributed by atoms with Crippen LogP contribution in [0, 0.1) is 0 Å². The van der Waals surface area contributed by atoms with Crippen LogP contribution in [0.4, 0.5) is 5.69 Å². The molecule has 2 atom stereocenters. The zero-order valence-corrected chi connectivity index (χ0v) is 20.5. The summed E-state index contributed by atoms with van der Waals surface area (Å²) in [5.74, 6) is -0.136. The number of nitrogens with one attached hydrogen (secondary N) is 2. The molecule has 0 bridgehead atoms. The summed E-state index contributed by atoms with van der Waals surface area (Å²) in [6.07, 6.45) is 3.80. The number of para-hydroxylation sites is 1. The van der Waals surface area contributed by atoms with Crippen LogP contribution in [0.3, 0.4) is 0 Å². The minimum Gasteiger partial charge on any atom is -0.352 e. The van der Waals surface area contributed by atoms with E-state index in [1.165, 1.54) is 0 Å². The van der Waals surface area contributed by atoms with Gasteiger partial charge in [-0.05, 0) is 66.8 Å². The van der Waals surface area contributed by atoms with Gasteiger partial charge in [-0.15, -0.1) is 0 Å². The predicted molar refractivity (Wildman–Crippen MR) is 141 cm³/mol. The highest BCUT2D eigenvalue weighted by molar-refractivity contribution is 9.10. The van der Waals surface area contributed by atoms with Gasteiger partial charge in [0.05, 0.1) is 17.8 Å². The van der Waals surface area contributed by atoms with Crippen molar-refractivity contribution in [3.05, 3.63) is 113 Å². The summed E-state index contributed by atoms with van der Waals surface area (Å²) in [6, 6.07) is 27.0. The van der Waals surface area contributed by atoms with Crippen molar-refractivity contribution in [3.63, 3.8) is 0 Å². The SMILES string of the molecule is O=C(CN1C(=S)N[C@@H](c2ccccn2)[C@@H]1c1cccn1-c1cccc(Br)c1)Nc1ccccc1. The van der Waals surface area contributed by atoms with Gasteiger partial charge in [0.25, 0.3) is 0 Å². The highest BCUT2D eigenvalue weighted by Crippen LogP contribution is 2.39. The van der Waals surface area contributed by atoms with Crippen molar-refractivity contribution < 1.29 is 4.79 Å². The molecule has 1 saturated heterocycles. The number of nitrogens with zero attached hydrogens (tertiary/aromatic N) is 3. The van der Waals surface area contributed by atoms with Gasteiger partial charge in [-0.3, -0.25) is 9.78 Å². The summed E-state index contributed by atoms with van der Waals surface area (Å²) >= 11 is 9.29. The second-order valence-corrected chi connectivity index (χ2v) is 9.25. The molecular weight excluding hydrogens is 510 g/mol. The van der Waals surface area contributed by atoms with Crippen molar-refractivity contribution in [1.82, 2.24) is 19.8 Å². The second-order valence-electron chi connectivity index (χ2n) is 7.95.